The van der Waals surface area contributed by atoms with E-state index in [1.165, 1.54) is 16.4 Å². The second kappa shape index (κ2) is 10.7. The van der Waals surface area contributed by atoms with E-state index in [0.29, 0.717) is 44.3 Å². The largest absolute Gasteiger partial charge is 0.334 e. The van der Waals surface area contributed by atoms with Crippen LogP contribution in [0.15, 0.2) is 59.5 Å². The molecular formula is C21H25ClN4O4S. The Morgan fingerprint density at radius 1 is 0.935 bits per heavy atom. The van der Waals surface area contributed by atoms with Crippen molar-refractivity contribution >= 4 is 33.6 Å². The third kappa shape index (κ3) is 6.76. The van der Waals surface area contributed by atoms with Gasteiger partial charge in [-0.05, 0) is 29.8 Å². The molecule has 166 valence electrons. The second-order valence-corrected chi connectivity index (χ2v) is 9.54. The van der Waals surface area contributed by atoms with Crippen molar-refractivity contribution in [3.8, 4) is 0 Å². The van der Waals surface area contributed by atoms with Crippen LogP contribution in [0.4, 0.5) is 4.79 Å². The Morgan fingerprint density at radius 3 is 2.23 bits per heavy atom. The van der Waals surface area contributed by atoms with Crippen molar-refractivity contribution in [2.45, 2.75) is 17.9 Å². The number of sulfonamides is 1. The van der Waals surface area contributed by atoms with E-state index in [1.807, 2.05) is 35.2 Å². The summed E-state index contributed by atoms with van der Waals surface area (Å²) in [4.78, 5) is 26.1. The fraction of sp³-hybridized carbons (Fsp3) is 0.333. The number of carbonyl (C=O) groups excluding carboxylic acids is 2. The van der Waals surface area contributed by atoms with Crippen LogP contribution in [-0.2, 0) is 21.4 Å². The van der Waals surface area contributed by atoms with Crippen LogP contribution in [0, 0.1) is 0 Å². The minimum atomic E-state index is -3.56. The van der Waals surface area contributed by atoms with E-state index in [2.05, 4.69) is 10.6 Å². The number of hydrogen-bond acceptors (Lipinski definition) is 5. The molecule has 3 rings (SSSR count). The van der Waals surface area contributed by atoms with Gasteiger partial charge in [0.15, 0.2) is 0 Å². The number of nitrogens with one attached hydrogen (secondary N) is 2. The zero-order valence-electron chi connectivity index (χ0n) is 17.0. The molecule has 0 atom stereocenters. The summed E-state index contributed by atoms with van der Waals surface area (Å²) >= 11 is 5.83. The molecule has 1 fully saturated rings. The predicted molar refractivity (Wildman–Crippen MR) is 118 cm³/mol. The number of piperazine rings is 1. The van der Waals surface area contributed by atoms with E-state index in [9.17, 15) is 18.0 Å². The van der Waals surface area contributed by atoms with E-state index >= 15 is 0 Å². The smallest absolute Gasteiger partial charge is 0.321 e. The summed E-state index contributed by atoms with van der Waals surface area (Å²) in [6, 6.07) is 15.0. The molecule has 8 nitrogen and oxygen atoms in total. The van der Waals surface area contributed by atoms with Gasteiger partial charge >= 0.3 is 6.03 Å². The highest BCUT2D eigenvalue weighted by Crippen LogP contribution is 2.19. The minimum Gasteiger partial charge on any atom is -0.334 e. The summed E-state index contributed by atoms with van der Waals surface area (Å²) in [6.45, 7) is 2.49. The lowest BCUT2D eigenvalue weighted by atomic mass is 10.2. The first-order valence-electron chi connectivity index (χ1n) is 9.94. The summed E-state index contributed by atoms with van der Waals surface area (Å²) in [6.07, 6.45) is 0.155. The molecule has 3 amide bonds. The van der Waals surface area contributed by atoms with Crippen LogP contribution in [0.25, 0.3) is 0 Å². The number of halogens is 1. The van der Waals surface area contributed by atoms with Gasteiger partial charge in [-0.15, -0.1) is 0 Å². The van der Waals surface area contributed by atoms with Gasteiger partial charge in [0.2, 0.25) is 15.9 Å². The van der Waals surface area contributed by atoms with Crippen LogP contribution < -0.4 is 10.6 Å². The summed E-state index contributed by atoms with van der Waals surface area (Å²) < 4.78 is 26.9. The van der Waals surface area contributed by atoms with Crippen LogP contribution in [0.5, 0.6) is 0 Å². The molecule has 31 heavy (non-hydrogen) atoms. The summed E-state index contributed by atoms with van der Waals surface area (Å²) in [7, 11) is -3.56. The maximum absolute atomic E-state index is 12.7. The van der Waals surface area contributed by atoms with E-state index in [1.54, 1.807) is 12.1 Å². The fourth-order valence-corrected chi connectivity index (χ4v) is 4.77. The number of amides is 3. The number of urea groups is 1. The number of carbonyl (C=O) groups is 2. The molecule has 0 bridgehead atoms. The summed E-state index contributed by atoms with van der Waals surface area (Å²) in [5, 5.41) is 5.44. The first-order valence-corrected chi connectivity index (χ1v) is 11.8. The molecule has 2 aromatic carbocycles. The predicted octanol–water partition coefficient (Wildman–Crippen LogP) is 2.06. The van der Waals surface area contributed by atoms with Crippen molar-refractivity contribution in [2.24, 2.45) is 0 Å². The van der Waals surface area contributed by atoms with Crippen molar-refractivity contribution in [3.63, 3.8) is 0 Å². The van der Waals surface area contributed by atoms with Gasteiger partial charge in [0.1, 0.15) is 0 Å². The third-order valence-electron chi connectivity index (χ3n) is 4.99. The van der Waals surface area contributed by atoms with Crippen LogP contribution in [0.3, 0.4) is 0 Å². The molecule has 1 aliphatic rings. The van der Waals surface area contributed by atoms with Gasteiger partial charge in [-0.1, -0.05) is 41.9 Å². The van der Waals surface area contributed by atoms with Crippen LogP contribution in [0.1, 0.15) is 12.0 Å². The van der Waals surface area contributed by atoms with E-state index < -0.39 is 16.1 Å². The van der Waals surface area contributed by atoms with Crippen molar-refractivity contribution < 1.29 is 18.0 Å². The van der Waals surface area contributed by atoms with Crippen molar-refractivity contribution in [3.05, 3.63) is 65.2 Å². The SMILES string of the molecule is O=C(CCN1CCN(S(=O)(=O)c2ccc(Cl)cc2)CC1)NC(=O)NCc1ccccc1. The zero-order valence-corrected chi connectivity index (χ0v) is 18.5. The van der Waals surface area contributed by atoms with Crippen LogP contribution in [0.2, 0.25) is 5.02 Å². The van der Waals surface area contributed by atoms with Gasteiger partial charge < -0.3 is 10.2 Å². The summed E-state index contributed by atoms with van der Waals surface area (Å²) in [5.74, 6) is -0.373. The van der Waals surface area contributed by atoms with Gasteiger partial charge in [0.05, 0.1) is 4.90 Å². The lowest BCUT2D eigenvalue weighted by molar-refractivity contribution is -0.120. The van der Waals surface area contributed by atoms with Gasteiger partial charge in [-0.25, -0.2) is 13.2 Å². The number of benzene rings is 2. The first kappa shape index (κ1) is 23.2. The van der Waals surface area contributed by atoms with E-state index in [4.69, 9.17) is 11.6 Å². The molecule has 1 aliphatic heterocycles. The van der Waals surface area contributed by atoms with E-state index in [-0.39, 0.29) is 17.2 Å². The Balaban J connectivity index is 1.38. The Bertz CT molecular complexity index is 992. The molecule has 0 saturated carbocycles. The molecule has 0 aliphatic carbocycles. The average molecular weight is 465 g/mol. The molecule has 0 aromatic heterocycles. The van der Waals surface area contributed by atoms with Crippen LogP contribution >= 0.6 is 11.6 Å². The number of rotatable bonds is 7. The Morgan fingerprint density at radius 2 is 1.58 bits per heavy atom. The van der Waals surface area contributed by atoms with Crippen molar-refractivity contribution in [1.29, 1.82) is 0 Å². The quantitative estimate of drug-likeness (QED) is 0.653. The standard InChI is InChI=1S/C21H25ClN4O4S/c22-18-6-8-19(9-7-18)31(29,30)26-14-12-25(13-15-26)11-10-20(27)24-21(28)23-16-17-4-2-1-3-5-17/h1-9H,10-16H2,(H2,23,24,27,28). The Hall–Kier alpha value is -2.46. The fourth-order valence-electron chi connectivity index (χ4n) is 3.22. The third-order valence-corrected chi connectivity index (χ3v) is 7.15. The summed E-state index contributed by atoms with van der Waals surface area (Å²) in [5.41, 5.74) is 0.941. The van der Waals surface area contributed by atoms with Gasteiger partial charge in [-0.2, -0.15) is 4.31 Å². The monoisotopic (exact) mass is 464 g/mol. The maximum Gasteiger partial charge on any atom is 0.321 e. The molecule has 1 saturated heterocycles. The number of nitrogens with zero attached hydrogens (tertiary/aromatic N) is 2. The minimum absolute atomic E-state index is 0.155. The number of imide groups is 1. The molecule has 0 unspecified atom stereocenters. The first-order chi connectivity index (χ1) is 14.8. The second-order valence-electron chi connectivity index (χ2n) is 7.17. The average Bonchev–Trinajstić information content (AvgIpc) is 2.77. The number of hydrogen-bond donors (Lipinski definition) is 2. The highest BCUT2D eigenvalue weighted by Gasteiger charge is 2.28. The van der Waals surface area contributed by atoms with Crippen molar-refractivity contribution in [1.82, 2.24) is 19.8 Å². The highest BCUT2D eigenvalue weighted by atomic mass is 35.5. The van der Waals surface area contributed by atoms with Crippen LogP contribution in [-0.4, -0.2) is 62.3 Å². The Labute approximate surface area is 187 Å². The topological polar surface area (TPSA) is 98.8 Å². The molecule has 2 aromatic rings. The highest BCUT2D eigenvalue weighted by molar-refractivity contribution is 7.89. The zero-order chi connectivity index (χ0) is 22.3. The molecule has 0 radical (unpaired) electrons. The van der Waals surface area contributed by atoms with E-state index in [0.717, 1.165) is 5.56 Å². The maximum atomic E-state index is 12.7. The molecule has 2 N–H and O–H groups in total. The van der Waals surface area contributed by atoms with Gasteiger partial charge in [-0.3, -0.25) is 10.1 Å². The normalized spacial score (nSPS) is 15.4. The molecular weight excluding hydrogens is 440 g/mol. The van der Waals surface area contributed by atoms with Gasteiger partial charge in [0.25, 0.3) is 0 Å². The molecule has 1 heterocycles. The lowest BCUT2D eigenvalue weighted by Gasteiger charge is -2.33. The molecule has 0 spiro atoms. The Kier molecular flexibility index (Phi) is 8.03. The van der Waals surface area contributed by atoms with Crippen molar-refractivity contribution in [2.75, 3.05) is 32.7 Å². The molecule has 10 heteroatoms. The van der Waals surface area contributed by atoms with Gasteiger partial charge in [0, 0.05) is 50.7 Å². The lowest BCUT2D eigenvalue weighted by Crippen LogP contribution is -2.49.